The Morgan fingerprint density at radius 2 is 1.83 bits per heavy atom. The van der Waals surface area contributed by atoms with E-state index in [1.54, 1.807) is 6.07 Å². The van der Waals surface area contributed by atoms with Gasteiger partial charge < -0.3 is 11.0 Å². The van der Waals surface area contributed by atoms with Crippen LogP contribution in [0.25, 0.3) is 0 Å². The fourth-order valence-corrected chi connectivity index (χ4v) is 1.18. The van der Waals surface area contributed by atoms with E-state index in [-0.39, 0.29) is 11.0 Å². The van der Waals surface area contributed by atoms with Crippen molar-refractivity contribution in [3.8, 4) is 0 Å². The Hall–Kier alpha value is -1.53. The van der Waals surface area contributed by atoms with Gasteiger partial charge in [0, 0.05) is 0 Å². The summed E-state index contributed by atoms with van der Waals surface area (Å²) in [4.78, 5) is 11.4. The van der Waals surface area contributed by atoms with E-state index >= 15 is 0 Å². The Kier molecular flexibility index (Phi) is 8.09. The van der Waals surface area contributed by atoms with Crippen molar-refractivity contribution in [2.75, 3.05) is 0 Å². The van der Waals surface area contributed by atoms with Gasteiger partial charge in [0.1, 0.15) is 0 Å². The number of rotatable bonds is 2. The van der Waals surface area contributed by atoms with Gasteiger partial charge in [0.25, 0.3) is 0 Å². The number of alkyl carbamates (subject to hydrolysis) is 1. The smallest absolute Gasteiger partial charge is 0.870 e. The van der Waals surface area contributed by atoms with Crippen LogP contribution >= 0.6 is 0 Å². The first kappa shape index (κ1) is 18.8. The molecule has 0 saturated heterocycles. The van der Waals surface area contributed by atoms with Gasteiger partial charge in [-0.05, 0) is 0 Å². The Morgan fingerprint density at radius 1 is 1.28 bits per heavy atom. The number of amides is 1. The van der Waals surface area contributed by atoms with Gasteiger partial charge in [-0.1, -0.05) is 0 Å². The Morgan fingerprint density at radius 3 is 2.33 bits per heavy atom. The number of carbonyl (C=O) groups is 1. The first-order valence-corrected chi connectivity index (χ1v) is 5.19. The van der Waals surface area contributed by atoms with Gasteiger partial charge in [-0.25, -0.2) is 0 Å². The van der Waals surface area contributed by atoms with E-state index in [2.05, 4.69) is 5.32 Å². The van der Waals surface area contributed by atoms with Gasteiger partial charge in [0.2, 0.25) is 0 Å². The zero-order chi connectivity index (χ0) is 12.2. The number of hydrogen-bond donors (Lipinski definition) is 1. The van der Waals surface area contributed by atoms with Crippen LogP contribution in [0.4, 0.5) is 4.79 Å². The first-order chi connectivity index (χ1) is 7.38. The molecule has 5 nitrogen and oxygen atoms in total. The van der Waals surface area contributed by atoms with Crippen LogP contribution in [0.3, 0.4) is 0 Å². The molecule has 1 aromatic rings. The molecule has 0 heterocycles. The number of hydrogen-bond acceptors (Lipinski definition) is 4. The average Bonchev–Trinajstić information content (AvgIpc) is 2.14. The van der Waals surface area contributed by atoms with Gasteiger partial charge >= 0.3 is 97.0 Å². The SMILES string of the molecule is [B+2]c1ccccc1CNC(=O)OC(C)(C)C.[OH-].[OH-]. The molecule has 6 heteroatoms. The van der Waals surface area contributed by atoms with E-state index in [1.165, 1.54) is 0 Å². The summed E-state index contributed by atoms with van der Waals surface area (Å²) in [5.74, 6) is 0. The molecule has 0 aliphatic carbocycles. The van der Waals surface area contributed by atoms with Gasteiger partial charge in [0.05, 0.1) is 0 Å². The van der Waals surface area contributed by atoms with Gasteiger partial charge in [0.15, 0.2) is 0 Å². The second kappa shape index (κ2) is 7.73. The van der Waals surface area contributed by atoms with Crippen LogP contribution in [-0.4, -0.2) is 30.5 Å². The van der Waals surface area contributed by atoms with E-state index in [0.717, 1.165) is 5.56 Å². The summed E-state index contributed by atoms with van der Waals surface area (Å²) in [5, 5.41) is 2.66. The largest absolute Gasteiger partial charge is 0.870 e. The third kappa shape index (κ3) is 6.93. The molecule has 0 saturated carbocycles. The number of ether oxygens (including phenoxy) is 1. The molecule has 98 valence electrons. The number of nitrogens with one attached hydrogen (secondary N) is 1. The summed E-state index contributed by atoms with van der Waals surface area (Å²) in [6, 6.07) is 7.40. The summed E-state index contributed by atoms with van der Waals surface area (Å²) >= 11 is 0. The normalized spacial score (nSPS) is 9.83. The van der Waals surface area contributed by atoms with Gasteiger partial charge in [-0.2, -0.15) is 0 Å². The average molecular weight is 251 g/mol. The second-order valence-electron chi connectivity index (χ2n) is 4.55. The maximum absolute atomic E-state index is 11.4. The molecule has 0 aliphatic heterocycles. The van der Waals surface area contributed by atoms with Crippen LogP contribution in [0.1, 0.15) is 26.3 Å². The number of carbonyl (C=O) groups excluding carboxylic acids is 1. The Labute approximate surface area is 109 Å². The molecule has 0 bridgehead atoms. The van der Waals surface area contributed by atoms with Crippen molar-refractivity contribution in [3.05, 3.63) is 29.8 Å². The third-order valence-corrected chi connectivity index (χ3v) is 1.88. The Balaban J connectivity index is 0. The molecule has 0 aliphatic rings. The monoisotopic (exact) mass is 251 g/mol. The van der Waals surface area contributed by atoms with Crippen LogP contribution in [0.2, 0.25) is 0 Å². The molecular formula is C12H18BNO4. The summed E-state index contributed by atoms with van der Waals surface area (Å²) in [7, 11) is 5.74. The second-order valence-corrected chi connectivity index (χ2v) is 4.55. The zero-order valence-corrected chi connectivity index (χ0v) is 10.8. The molecule has 3 N–H and O–H groups in total. The van der Waals surface area contributed by atoms with Crippen molar-refractivity contribution < 1.29 is 20.5 Å². The van der Waals surface area contributed by atoms with Crippen LogP contribution in [0.15, 0.2) is 24.3 Å². The van der Waals surface area contributed by atoms with Gasteiger partial charge in [-0.3, -0.25) is 0 Å². The molecule has 0 fully saturated rings. The summed E-state index contributed by atoms with van der Waals surface area (Å²) in [6.07, 6.45) is -0.434. The minimum Gasteiger partial charge on any atom is -0.870 e. The maximum atomic E-state index is 11.4. The van der Waals surface area contributed by atoms with E-state index in [1.807, 2.05) is 39.0 Å². The Bertz CT molecular complexity index is 377. The molecule has 1 rings (SSSR count). The maximum Gasteiger partial charge on any atom is -0.870 e. The first-order valence-electron chi connectivity index (χ1n) is 5.19. The molecule has 0 radical (unpaired) electrons. The summed E-state index contributed by atoms with van der Waals surface area (Å²) in [5.41, 5.74) is 1.07. The van der Waals surface area contributed by atoms with Crippen molar-refractivity contribution in [1.29, 1.82) is 0 Å². The molecule has 18 heavy (non-hydrogen) atoms. The van der Waals surface area contributed by atoms with Gasteiger partial charge in [-0.15, -0.1) is 0 Å². The molecule has 1 amide bonds. The minimum absolute atomic E-state index is 0. The third-order valence-electron chi connectivity index (χ3n) is 1.88. The standard InChI is InChI=1S/C12H16BNO2.2H2O/c1-12(2,3)16-11(15)14-8-9-6-4-5-7-10(9)13;;/h4-7H,8H2,1-3H3,(H,14,15);2*1H2/q+2;;/p-2. The fourth-order valence-electron chi connectivity index (χ4n) is 1.18. The molecular weight excluding hydrogens is 233 g/mol. The van der Waals surface area contributed by atoms with Crippen LogP contribution in [-0.2, 0) is 11.3 Å². The topological polar surface area (TPSA) is 98.3 Å². The van der Waals surface area contributed by atoms with E-state index in [0.29, 0.717) is 12.0 Å². The van der Waals surface area contributed by atoms with Crippen molar-refractivity contribution in [2.24, 2.45) is 0 Å². The van der Waals surface area contributed by atoms with Crippen molar-refractivity contribution in [3.63, 3.8) is 0 Å². The molecule has 0 aromatic heterocycles. The van der Waals surface area contributed by atoms with E-state index in [9.17, 15) is 4.79 Å². The van der Waals surface area contributed by atoms with Crippen molar-refractivity contribution >= 4 is 19.4 Å². The van der Waals surface area contributed by atoms with Crippen molar-refractivity contribution in [1.82, 2.24) is 5.32 Å². The van der Waals surface area contributed by atoms with Crippen LogP contribution in [0, 0.1) is 0 Å². The summed E-state index contributed by atoms with van der Waals surface area (Å²) in [6.45, 7) is 5.85. The summed E-state index contributed by atoms with van der Waals surface area (Å²) < 4.78 is 5.11. The molecule has 0 atom stereocenters. The van der Waals surface area contributed by atoms with E-state index in [4.69, 9.17) is 12.6 Å². The fraction of sp³-hybridized carbons (Fsp3) is 0.417. The van der Waals surface area contributed by atoms with E-state index < -0.39 is 11.7 Å². The molecule has 1 aromatic carbocycles. The molecule has 0 unspecified atom stereocenters. The van der Waals surface area contributed by atoms with Crippen LogP contribution in [0.5, 0.6) is 0 Å². The zero-order valence-electron chi connectivity index (χ0n) is 10.8. The van der Waals surface area contributed by atoms with Crippen LogP contribution < -0.4 is 10.8 Å². The minimum atomic E-state index is -0.480. The number of benzene rings is 1. The van der Waals surface area contributed by atoms with Crippen molar-refractivity contribution in [2.45, 2.75) is 32.9 Å². The molecule has 0 spiro atoms. The predicted octanol–water partition coefficient (Wildman–Crippen LogP) is 1.15. The quantitative estimate of drug-likeness (QED) is 0.797. The predicted molar refractivity (Wildman–Crippen MR) is 68.8 cm³/mol.